The van der Waals surface area contributed by atoms with Gasteiger partial charge in [-0.05, 0) is 63.0 Å². The molecule has 0 saturated heterocycles. The van der Waals surface area contributed by atoms with E-state index in [0.29, 0.717) is 12.0 Å². The van der Waals surface area contributed by atoms with Gasteiger partial charge in [0, 0.05) is 16.1 Å². The van der Waals surface area contributed by atoms with E-state index in [1.54, 1.807) is 6.07 Å². The van der Waals surface area contributed by atoms with E-state index in [0.717, 1.165) is 10.0 Å². The van der Waals surface area contributed by atoms with Gasteiger partial charge in [0.1, 0.15) is 0 Å². The second kappa shape index (κ2) is 5.60. The molecular weight excluding hydrogens is 253 g/mol. The van der Waals surface area contributed by atoms with Gasteiger partial charge in [-0.25, -0.2) is 0 Å². The third kappa shape index (κ3) is 3.37. The summed E-state index contributed by atoms with van der Waals surface area (Å²) in [6.45, 7) is 0. The minimum Gasteiger partial charge on any atom is -0.306 e. The second-order valence-electron chi connectivity index (χ2n) is 5.18. The van der Waals surface area contributed by atoms with Crippen LogP contribution in [0.4, 0.5) is 0 Å². The molecule has 3 heteroatoms. The van der Waals surface area contributed by atoms with Crippen molar-refractivity contribution in [2.75, 3.05) is 14.1 Å². The van der Waals surface area contributed by atoms with Crippen molar-refractivity contribution in [1.29, 1.82) is 0 Å². The normalized spacial score (nSPS) is 25.2. The maximum Gasteiger partial charge on any atom is 0.0423 e. The zero-order valence-electron chi connectivity index (χ0n) is 10.4. The highest BCUT2D eigenvalue weighted by molar-refractivity contribution is 6.34. The lowest BCUT2D eigenvalue weighted by atomic mass is 9.81. The van der Waals surface area contributed by atoms with Crippen LogP contribution < -0.4 is 0 Å². The topological polar surface area (TPSA) is 3.24 Å². The van der Waals surface area contributed by atoms with Crippen LogP contribution in [0.5, 0.6) is 0 Å². The quantitative estimate of drug-likeness (QED) is 0.761. The number of rotatable bonds is 2. The molecule has 1 aromatic carbocycles. The van der Waals surface area contributed by atoms with Crippen molar-refractivity contribution in [3.63, 3.8) is 0 Å². The second-order valence-corrected chi connectivity index (χ2v) is 6.06. The predicted molar refractivity (Wildman–Crippen MR) is 75.1 cm³/mol. The summed E-state index contributed by atoms with van der Waals surface area (Å²) in [5, 5.41) is 1.50. The van der Waals surface area contributed by atoms with Gasteiger partial charge in [-0.3, -0.25) is 0 Å². The maximum atomic E-state index is 6.07. The van der Waals surface area contributed by atoms with Crippen LogP contribution in [-0.2, 0) is 0 Å². The smallest absolute Gasteiger partial charge is 0.0423 e. The summed E-state index contributed by atoms with van der Waals surface area (Å²) in [4.78, 5) is 2.33. The van der Waals surface area contributed by atoms with Crippen LogP contribution in [0.1, 0.15) is 37.2 Å². The maximum absolute atomic E-state index is 6.07. The molecule has 1 aliphatic rings. The molecule has 1 saturated carbocycles. The summed E-state index contributed by atoms with van der Waals surface area (Å²) in [5.41, 5.74) is 1.30. The lowest BCUT2D eigenvalue weighted by Crippen LogP contribution is -2.32. The number of hydrogen-bond acceptors (Lipinski definition) is 1. The van der Waals surface area contributed by atoms with Crippen LogP contribution in [0.25, 0.3) is 0 Å². The Balaban J connectivity index is 2.16. The van der Waals surface area contributed by atoms with Gasteiger partial charge in [-0.15, -0.1) is 0 Å². The number of hydrogen-bond donors (Lipinski definition) is 0. The van der Waals surface area contributed by atoms with E-state index in [-0.39, 0.29) is 0 Å². The highest BCUT2D eigenvalue weighted by Crippen LogP contribution is 2.36. The van der Waals surface area contributed by atoms with Crippen LogP contribution in [-0.4, -0.2) is 25.0 Å². The van der Waals surface area contributed by atoms with Crippen LogP contribution in [0, 0.1) is 0 Å². The van der Waals surface area contributed by atoms with Crippen molar-refractivity contribution in [2.24, 2.45) is 0 Å². The van der Waals surface area contributed by atoms with Crippen molar-refractivity contribution in [3.05, 3.63) is 33.8 Å². The Morgan fingerprint density at radius 1 is 1.06 bits per heavy atom. The fraction of sp³-hybridized carbons (Fsp3) is 0.571. The molecule has 0 N–H and O–H groups in total. The number of benzene rings is 1. The highest BCUT2D eigenvalue weighted by atomic mass is 35.5. The average molecular weight is 272 g/mol. The van der Waals surface area contributed by atoms with Crippen LogP contribution in [0.3, 0.4) is 0 Å². The summed E-state index contributed by atoms with van der Waals surface area (Å²) >= 11 is 12.1. The largest absolute Gasteiger partial charge is 0.306 e. The van der Waals surface area contributed by atoms with E-state index in [2.05, 4.69) is 31.1 Å². The summed E-state index contributed by atoms with van der Waals surface area (Å²) in [6.07, 6.45) is 5.06. The van der Waals surface area contributed by atoms with E-state index < -0.39 is 0 Å². The first-order valence-electron chi connectivity index (χ1n) is 6.18. The Labute approximate surface area is 114 Å². The first kappa shape index (κ1) is 13.2. The Bertz CT molecular complexity index is 370. The standard InChI is InChI=1S/C14H19Cl2N/c1-17(2)14-5-3-4-10(8-14)11-6-12(15)9-13(16)7-11/h6-7,9-10,14H,3-5,8H2,1-2H3. The van der Waals surface area contributed by atoms with Crippen molar-refractivity contribution in [2.45, 2.75) is 37.6 Å². The zero-order valence-corrected chi connectivity index (χ0v) is 11.9. The lowest BCUT2D eigenvalue weighted by molar-refractivity contribution is 0.213. The molecule has 0 bridgehead atoms. The summed E-state index contributed by atoms with van der Waals surface area (Å²) < 4.78 is 0. The molecule has 0 spiro atoms. The van der Waals surface area contributed by atoms with Crippen molar-refractivity contribution in [1.82, 2.24) is 4.90 Å². The summed E-state index contributed by atoms with van der Waals surface area (Å²) in [5.74, 6) is 0.604. The molecule has 2 rings (SSSR count). The first-order chi connectivity index (χ1) is 8.06. The monoisotopic (exact) mass is 271 g/mol. The molecule has 1 aromatic rings. The molecular formula is C14H19Cl2N. The zero-order chi connectivity index (χ0) is 12.4. The molecule has 0 radical (unpaired) electrons. The molecule has 1 nitrogen and oxygen atoms in total. The van der Waals surface area contributed by atoms with E-state index in [1.807, 2.05) is 0 Å². The summed E-state index contributed by atoms with van der Waals surface area (Å²) in [7, 11) is 4.33. The molecule has 0 aliphatic heterocycles. The Kier molecular flexibility index (Phi) is 4.35. The minimum atomic E-state index is 0.604. The molecule has 0 amide bonds. The van der Waals surface area contributed by atoms with Gasteiger partial charge in [0.05, 0.1) is 0 Å². The molecule has 1 aliphatic carbocycles. The Morgan fingerprint density at radius 2 is 1.71 bits per heavy atom. The Hall–Kier alpha value is -0.240. The van der Waals surface area contributed by atoms with Gasteiger partial charge in [0.25, 0.3) is 0 Å². The molecule has 17 heavy (non-hydrogen) atoms. The highest BCUT2D eigenvalue weighted by Gasteiger charge is 2.24. The number of nitrogens with zero attached hydrogens (tertiary/aromatic N) is 1. The predicted octanol–water partition coefficient (Wildman–Crippen LogP) is 4.58. The van der Waals surface area contributed by atoms with Crippen molar-refractivity contribution in [3.8, 4) is 0 Å². The summed E-state index contributed by atoms with van der Waals surface area (Å²) in [6, 6.07) is 6.62. The molecule has 1 fully saturated rings. The lowest BCUT2D eigenvalue weighted by Gasteiger charge is -2.33. The first-order valence-corrected chi connectivity index (χ1v) is 6.94. The fourth-order valence-corrected chi connectivity index (χ4v) is 3.29. The van der Waals surface area contributed by atoms with Gasteiger partial charge < -0.3 is 4.90 Å². The van der Waals surface area contributed by atoms with E-state index in [9.17, 15) is 0 Å². The minimum absolute atomic E-state index is 0.604. The molecule has 2 unspecified atom stereocenters. The third-order valence-electron chi connectivity index (χ3n) is 3.73. The van der Waals surface area contributed by atoms with E-state index in [1.165, 1.54) is 31.2 Å². The van der Waals surface area contributed by atoms with E-state index in [4.69, 9.17) is 23.2 Å². The van der Waals surface area contributed by atoms with Crippen molar-refractivity contribution >= 4 is 23.2 Å². The fourth-order valence-electron chi connectivity index (χ4n) is 2.75. The van der Waals surface area contributed by atoms with Crippen LogP contribution in [0.15, 0.2) is 18.2 Å². The van der Waals surface area contributed by atoms with Gasteiger partial charge in [-0.2, -0.15) is 0 Å². The molecule has 94 valence electrons. The van der Waals surface area contributed by atoms with Crippen LogP contribution in [0.2, 0.25) is 10.0 Å². The average Bonchev–Trinajstić information content (AvgIpc) is 2.28. The number of halogens is 2. The third-order valence-corrected chi connectivity index (χ3v) is 4.17. The van der Waals surface area contributed by atoms with Gasteiger partial charge in [0.2, 0.25) is 0 Å². The Morgan fingerprint density at radius 3 is 2.29 bits per heavy atom. The SMILES string of the molecule is CN(C)C1CCCC(c2cc(Cl)cc(Cl)c2)C1. The van der Waals surface area contributed by atoms with Gasteiger partial charge in [0.15, 0.2) is 0 Å². The molecule has 0 aromatic heterocycles. The van der Waals surface area contributed by atoms with Crippen molar-refractivity contribution < 1.29 is 0 Å². The molecule has 0 heterocycles. The van der Waals surface area contributed by atoms with Gasteiger partial charge in [-0.1, -0.05) is 29.6 Å². The van der Waals surface area contributed by atoms with Crippen LogP contribution >= 0.6 is 23.2 Å². The van der Waals surface area contributed by atoms with E-state index >= 15 is 0 Å². The van der Waals surface area contributed by atoms with Gasteiger partial charge >= 0.3 is 0 Å². The molecule has 2 atom stereocenters.